The lowest BCUT2D eigenvalue weighted by Crippen LogP contribution is -2.19. The van der Waals surface area contributed by atoms with E-state index < -0.39 is 0 Å². The summed E-state index contributed by atoms with van der Waals surface area (Å²) in [5.41, 5.74) is 9.59. The molecule has 1 aromatic heterocycles. The number of nitrogens with zero attached hydrogens (tertiary/aromatic N) is 2. The summed E-state index contributed by atoms with van der Waals surface area (Å²) in [7, 11) is 1.65. The van der Waals surface area contributed by atoms with Gasteiger partial charge in [-0.1, -0.05) is 41.1 Å². The maximum atomic E-state index is 6.47. The van der Waals surface area contributed by atoms with Crippen molar-refractivity contribution in [2.45, 2.75) is 32.9 Å². The van der Waals surface area contributed by atoms with Crippen LogP contribution in [0, 0.1) is 6.92 Å². The van der Waals surface area contributed by atoms with Crippen molar-refractivity contribution in [1.82, 2.24) is 9.78 Å². The van der Waals surface area contributed by atoms with E-state index >= 15 is 0 Å². The molecule has 0 aliphatic rings. The molecular weight excluding hydrogens is 318 g/mol. The van der Waals surface area contributed by atoms with E-state index in [4.69, 9.17) is 10.5 Å². The predicted octanol–water partition coefficient (Wildman–Crippen LogP) is 3.42. The van der Waals surface area contributed by atoms with Crippen LogP contribution in [0.5, 0.6) is 5.75 Å². The monoisotopic (exact) mass is 337 g/mol. The van der Waals surface area contributed by atoms with E-state index in [0.29, 0.717) is 0 Å². The van der Waals surface area contributed by atoms with Crippen molar-refractivity contribution in [3.63, 3.8) is 0 Å². The van der Waals surface area contributed by atoms with Crippen LogP contribution in [0.4, 0.5) is 0 Å². The van der Waals surface area contributed by atoms with Crippen molar-refractivity contribution < 1.29 is 4.74 Å². The Bertz CT molecular complexity index is 595. The van der Waals surface area contributed by atoms with E-state index in [0.717, 1.165) is 34.4 Å². The van der Waals surface area contributed by atoms with Gasteiger partial charge in [-0.15, -0.1) is 0 Å². The highest BCUT2D eigenvalue weighted by Gasteiger charge is 2.22. The molecule has 0 bridgehead atoms. The van der Waals surface area contributed by atoms with Crippen molar-refractivity contribution in [2.24, 2.45) is 5.73 Å². The number of rotatable bonds is 5. The van der Waals surface area contributed by atoms with Gasteiger partial charge in [-0.3, -0.25) is 4.68 Å². The van der Waals surface area contributed by atoms with Gasteiger partial charge in [0.05, 0.1) is 19.3 Å². The SMILES string of the molecule is CCCn1ncc(OC)c1C(N)c1cccc(C)c1Br. The number of hydrogen-bond donors (Lipinski definition) is 1. The molecule has 1 unspecified atom stereocenters. The zero-order chi connectivity index (χ0) is 14.7. The molecule has 0 amide bonds. The first-order chi connectivity index (χ1) is 9.60. The molecule has 2 rings (SSSR count). The molecule has 0 saturated carbocycles. The molecule has 0 spiro atoms. The molecule has 4 nitrogen and oxygen atoms in total. The van der Waals surface area contributed by atoms with Crippen LogP contribution >= 0.6 is 15.9 Å². The summed E-state index contributed by atoms with van der Waals surface area (Å²) in [6.45, 7) is 5.00. The third kappa shape index (κ3) is 2.74. The van der Waals surface area contributed by atoms with Crippen LogP contribution in [-0.4, -0.2) is 16.9 Å². The van der Waals surface area contributed by atoms with E-state index in [9.17, 15) is 0 Å². The molecule has 2 N–H and O–H groups in total. The molecular formula is C15H20BrN3O. The minimum Gasteiger partial charge on any atom is -0.493 e. The Labute approximate surface area is 128 Å². The van der Waals surface area contributed by atoms with Gasteiger partial charge < -0.3 is 10.5 Å². The molecule has 1 aromatic carbocycles. The number of hydrogen-bond acceptors (Lipinski definition) is 3. The second-order valence-electron chi connectivity index (χ2n) is 4.78. The molecule has 0 aliphatic carbocycles. The Morgan fingerprint density at radius 1 is 1.45 bits per heavy atom. The van der Waals surface area contributed by atoms with E-state index in [1.807, 2.05) is 16.8 Å². The van der Waals surface area contributed by atoms with Gasteiger partial charge in [-0.2, -0.15) is 5.10 Å². The Balaban J connectivity index is 2.49. The Kier molecular flexibility index (Phi) is 4.83. The van der Waals surface area contributed by atoms with Crippen LogP contribution < -0.4 is 10.5 Å². The first-order valence-corrected chi connectivity index (χ1v) is 7.49. The highest BCUT2D eigenvalue weighted by molar-refractivity contribution is 9.10. The number of aryl methyl sites for hydroxylation is 2. The molecule has 2 aromatic rings. The number of nitrogens with two attached hydrogens (primary N) is 1. The third-order valence-corrected chi connectivity index (χ3v) is 4.43. The molecule has 5 heteroatoms. The van der Waals surface area contributed by atoms with Gasteiger partial charge in [-0.25, -0.2) is 0 Å². The summed E-state index contributed by atoms with van der Waals surface area (Å²) in [6, 6.07) is 5.83. The molecule has 0 saturated heterocycles. The summed E-state index contributed by atoms with van der Waals surface area (Å²) < 4.78 is 8.38. The Morgan fingerprint density at radius 3 is 2.85 bits per heavy atom. The standard InChI is InChI=1S/C15H20BrN3O/c1-4-8-19-15(12(20-3)9-18-19)14(17)11-7-5-6-10(2)13(11)16/h5-7,9,14H,4,8,17H2,1-3H3. The highest BCUT2D eigenvalue weighted by atomic mass is 79.9. The fourth-order valence-electron chi connectivity index (χ4n) is 2.30. The molecule has 0 radical (unpaired) electrons. The lowest BCUT2D eigenvalue weighted by molar-refractivity contribution is 0.404. The van der Waals surface area contributed by atoms with Gasteiger partial charge in [0.1, 0.15) is 5.69 Å². The van der Waals surface area contributed by atoms with Crippen molar-refractivity contribution in [3.8, 4) is 5.75 Å². The molecule has 1 heterocycles. The maximum absolute atomic E-state index is 6.47. The summed E-state index contributed by atoms with van der Waals surface area (Å²) in [4.78, 5) is 0. The second-order valence-corrected chi connectivity index (χ2v) is 5.57. The number of halogens is 1. The van der Waals surface area contributed by atoms with Crippen molar-refractivity contribution in [2.75, 3.05) is 7.11 Å². The second kappa shape index (κ2) is 6.41. The quantitative estimate of drug-likeness (QED) is 0.909. The van der Waals surface area contributed by atoms with Crippen LogP contribution in [0.2, 0.25) is 0 Å². The average molecular weight is 338 g/mol. The van der Waals surface area contributed by atoms with Crippen LogP contribution in [0.25, 0.3) is 0 Å². The summed E-state index contributed by atoms with van der Waals surface area (Å²) in [5, 5.41) is 4.37. The third-order valence-electron chi connectivity index (χ3n) is 3.35. The first kappa shape index (κ1) is 15.1. The van der Waals surface area contributed by atoms with Gasteiger partial charge in [0.15, 0.2) is 5.75 Å². The van der Waals surface area contributed by atoms with E-state index in [-0.39, 0.29) is 6.04 Å². The minimum absolute atomic E-state index is 0.270. The maximum Gasteiger partial charge on any atom is 0.161 e. The summed E-state index contributed by atoms with van der Waals surface area (Å²) in [6.07, 6.45) is 2.73. The summed E-state index contributed by atoms with van der Waals surface area (Å²) in [5.74, 6) is 0.736. The number of aromatic nitrogens is 2. The van der Waals surface area contributed by atoms with Gasteiger partial charge in [-0.05, 0) is 24.5 Å². The Hall–Kier alpha value is -1.33. The Morgan fingerprint density at radius 2 is 2.20 bits per heavy atom. The number of benzene rings is 1. The predicted molar refractivity (Wildman–Crippen MR) is 84.0 cm³/mol. The van der Waals surface area contributed by atoms with E-state index in [2.05, 4.69) is 40.9 Å². The van der Waals surface area contributed by atoms with Gasteiger partial charge in [0.25, 0.3) is 0 Å². The lowest BCUT2D eigenvalue weighted by atomic mass is 10.0. The van der Waals surface area contributed by atoms with Gasteiger partial charge in [0.2, 0.25) is 0 Å². The fraction of sp³-hybridized carbons (Fsp3) is 0.400. The average Bonchev–Trinajstić information content (AvgIpc) is 2.84. The number of ether oxygens (including phenoxy) is 1. The topological polar surface area (TPSA) is 53.1 Å². The molecule has 0 fully saturated rings. The molecule has 108 valence electrons. The normalized spacial score (nSPS) is 12.4. The zero-order valence-corrected chi connectivity index (χ0v) is 13.6. The fourth-order valence-corrected chi connectivity index (χ4v) is 2.81. The highest BCUT2D eigenvalue weighted by Crippen LogP contribution is 2.33. The zero-order valence-electron chi connectivity index (χ0n) is 12.1. The molecule has 20 heavy (non-hydrogen) atoms. The summed E-state index contributed by atoms with van der Waals surface area (Å²) >= 11 is 3.63. The van der Waals surface area contributed by atoms with Crippen LogP contribution in [0.3, 0.4) is 0 Å². The largest absolute Gasteiger partial charge is 0.493 e. The van der Waals surface area contributed by atoms with Gasteiger partial charge in [0, 0.05) is 11.0 Å². The van der Waals surface area contributed by atoms with Crippen molar-refractivity contribution >= 4 is 15.9 Å². The van der Waals surface area contributed by atoms with Crippen LogP contribution in [0.15, 0.2) is 28.9 Å². The van der Waals surface area contributed by atoms with Crippen molar-refractivity contribution in [3.05, 3.63) is 45.7 Å². The minimum atomic E-state index is -0.270. The van der Waals surface area contributed by atoms with E-state index in [1.54, 1.807) is 13.3 Å². The van der Waals surface area contributed by atoms with Crippen molar-refractivity contribution in [1.29, 1.82) is 0 Å². The van der Waals surface area contributed by atoms with Crippen LogP contribution in [-0.2, 0) is 6.54 Å². The van der Waals surface area contributed by atoms with E-state index in [1.165, 1.54) is 5.56 Å². The lowest BCUT2D eigenvalue weighted by Gasteiger charge is -2.18. The van der Waals surface area contributed by atoms with Gasteiger partial charge >= 0.3 is 0 Å². The number of methoxy groups -OCH3 is 1. The molecule has 0 aliphatic heterocycles. The van der Waals surface area contributed by atoms with Crippen LogP contribution in [0.1, 0.15) is 36.2 Å². The molecule has 1 atom stereocenters. The smallest absolute Gasteiger partial charge is 0.161 e. The first-order valence-electron chi connectivity index (χ1n) is 6.70.